The Morgan fingerprint density at radius 3 is 2.30 bits per heavy atom. The van der Waals surface area contributed by atoms with E-state index in [4.69, 9.17) is 11.6 Å². The zero-order valence-corrected chi connectivity index (χ0v) is 6.64. The number of ketones is 1. The molecule has 1 atom stereocenters. The summed E-state index contributed by atoms with van der Waals surface area (Å²) < 4.78 is 4.47. The molecular formula is C6H9ClO3. The molecule has 1 unspecified atom stereocenters. The van der Waals surface area contributed by atoms with Gasteiger partial charge in [0.25, 0.3) is 0 Å². The van der Waals surface area contributed by atoms with Crippen LogP contribution in [0.3, 0.4) is 0 Å². The van der Waals surface area contributed by atoms with E-state index < -0.39 is 11.3 Å². The molecule has 0 aromatic carbocycles. The zero-order valence-electron chi connectivity index (χ0n) is 5.89. The number of carbonyl (C=O) groups excluding carboxylic acids is 2. The molecule has 0 radical (unpaired) electrons. The van der Waals surface area contributed by atoms with Gasteiger partial charge in [-0.1, -0.05) is 0 Å². The van der Waals surface area contributed by atoms with Gasteiger partial charge >= 0.3 is 5.97 Å². The average Bonchev–Trinajstić information content (AvgIpc) is 1.82. The first-order chi connectivity index (χ1) is 4.54. The van der Waals surface area contributed by atoms with E-state index in [1.807, 2.05) is 0 Å². The fourth-order valence-electron chi connectivity index (χ4n) is 0.308. The lowest BCUT2D eigenvalue weighted by Crippen LogP contribution is -2.18. The van der Waals surface area contributed by atoms with Crippen molar-refractivity contribution in [3.05, 3.63) is 0 Å². The van der Waals surface area contributed by atoms with Crippen LogP contribution < -0.4 is 0 Å². The number of rotatable bonds is 3. The van der Waals surface area contributed by atoms with Crippen LogP contribution in [0, 0.1) is 0 Å². The van der Waals surface area contributed by atoms with Crippen molar-refractivity contribution in [1.82, 2.24) is 0 Å². The Morgan fingerprint density at radius 1 is 1.50 bits per heavy atom. The Morgan fingerprint density at radius 2 is 2.00 bits per heavy atom. The van der Waals surface area contributed by atoms with Crippen LogP contribution in [-0.2, 0) is 14.3 Å². The molecule has 0 spiro atoms. The highest BCUT2D eigenvalue weighted by Gasteiger charge is 2.10. The van der Waals surface area contributed by atoms with Gasteiger partial charge in [0.2, 0.25) is 0 Å². The Labute approximate surface area is 64.3 Å². The normalized spacial score (nSPS) is 12.3. The van der Waals surface area contributed by atoms with Crippen LogP contribution in [-0.4, -0.2) is 23.7 Å². The maximum Gasteiger partial charge on any atom is 0.302 e. The van der Waals surface area contributed by atoms with E-state index in [2.05, 4.69) is 4.74 Å². The van der Waals surface area contributed by atoms with Gasteiger partial charge in [0.05, 0.1) is 0 Å². The van der Waals surface area contributed by atoms with Crippen LogP contribution in [0.2, 0.25) is 0 Å². The summed E-state index contributed by atoms with van der Waals surface area (Å²) in [6.07, 6.45) is 0. The standard InChI is InChI=1S/C6H9ClO3/c1-4(8)6(7)3-10-5(2)9/h6H,3H2,1-2H3. The average molecular weight is 165 g/mol. The van der Waals surface area contributed by atoms with Gasteiger partial charge in [-0.05, 0) is 6.92 Å². The van der Waals surface area contributed by atoms with E-state index in [0.29, 0.717) is 0 Å². The van der Waals surface area contributed by atoms with Crippen molar-refractivity contribution in [1.29, 1.82) is 0 Å². The van der Waals surface area contributed by atoms with Gasteiger partial charge in [-0.3, -0.25) is 9.59 Å². The third-order valence-corrected chi connectivity index (χ3v) is 1.31. The number of halogens is 1. The molecule has 0 aliphatic heterocycles. The van der Waals surface area contributed by atoms with Gasteiger partial charge in [0, 0.05) is 6.92 Å². The number of hydrogen-bond donors (Lipinski definition) is 0. The molecule has 0 saturated heterocycles. The molecule has 3 nitrogen and oxygen atoms in total. The quantitative estimate of drug-likeness (QED) is 0.457. The van der Waals surface area contributed by atoms with E-state index in [1.165, 1.54) is 13.8 Å². The van der Waals surface area contributed by atoms with E-state index in [1.54, 1.807) is 0 Å². The Balaban J connectivity index is 3.49. The van der Waals surface area contributed by atoms with Crippen LogP contribution >= 0.6 is 11.6 Å². The summed E-state index contributed by atoms with van der Waals surface area (Å²) in [5.74, 6) is -0.616. The van der Waals surface area contributed by atoms with Crippen LogP contribution in [0.5, 0.6) is 0 Å². The molecule has 10 heavy (non-hydrogen) atoms. The number of carbonyl (C=O) groups is 2. The molecule has 0 aliphatic carbocycles. The number of ether oxygens (including phenoxy) is 1. The van der Waals surface area contributed by atoms with Crippen molar-refractivity contribution in [2.24, 2.45) is 0 Å². The SMILES string of the molecule is CC(=O)OCC(Cl)C(C)=O. The molecular weight excluding hydrogens is 156 g/mol. The van der Waals surface area contributed by atoms with Gasteiger partial charge < -0.3 is 4.74 Å². The maximum absolute atomic E-state index is 10.4. The second-order valence-electron chi connectivity index (χ2n) is 1.88. The summed E-state index contributed by atoms with van der Waals surface area (Å²) in [6, 6.07) is 0. The summed E-state index contributed by atoms with van der Waals surface area (Å²) in [4.78, 5) is 20.6. The van der Waals surface area contributed by atoms with E-state index in [-0.39, 0.29) is 12.4 Å². The maximum atomic E-state index is 10.4. The van der Waals surface area contributed by atoms with E-state index in [9.17, 15) is 9.59 Å². The first kappa shape index (κ1) is 9.43. The number of esters is 1. The van der Waals surface area contributed by atoms with Gasteiger partial charge in [-0.2, -0.15) is 0 Å². The van der Waals surface area contributed by atoms with Crippen molar-refractivity contribution in [2.45, 2.75) is 19.2 Å². The fraction of sp³-hybridized carbons (Fsp3) is 0.667. The van der Waals surface area contributed by atoms with Crippen molar-refractivity contribution in [3.8, 4) is 0 Å². The highest BCUT2D eigenvalue weighted by Crippen LogP contribution is 1.97. The van der Waals surface area contributed by atoms with Crippen LogP contribution in [0.25, 0.3) is 0 Å². The molecule has 4 heteroatoms. The molecule has 0 aromatic heterocycles. The number of alkyl halides is 1. The van der Waals surface area contributed by atoms with Crippen LogP contribution in [0.1, 0.15) is 13.8 Å². The number of Topliss-reactive ketones (excluding diaryl/α,β-unsaturated/α-hetero) is 1. The Bertz CT molecular complexity index is 144. The summed E-state index contributed by atoms with van der Waals surface area (Å²) in [5.41, 5.74) is 0. The minimum absolute atomic E-state index is 0.0355. The van der Waals surface area contributed by atoms with Gasteiger partial charge in [0.1, 0.15) is 12.0 Å². The Kier molecular flexibility index (Phi) is 4.03. The molecule has 0 rings (SSSR count). The zero-order chi connectivity index (χ0) is 8.15. The summed E-state index contributed by atoms with van der Waals surface area (Å²) in [6.45, 7) is 2.58. The molecule has 0 N–H and O–H groups in total. The summed E-state index contributed by atoms with van der Waals surface area (Å²) >= 11 is 5.43. The van der Waals surface area contributed by atoms with Crippen molar-refractivity contribution < 1.29 is 14.3 Å². The lowest BCUT2D eigenvalue weighted by molar-refractivity contribution is -0.141. The van der Waals surface area contributed by atoms with E-state index >= 15 is 0 Å². The largest absolute Gasteiger partial charge is 0.464 e. The first-order valence-corrected chi connectivity index (χ1v) is 3.25. The Hall–Kier alpha value is -0.570. The molecule has 0 heterocycles. The molecule has 58 valence electrons. The molecule has 0 amide bonds. The molecule has 0 fully saturated rings. The highest BCUT2D eigenvalue weighted by atomic mass is 35.5. The van der Waals surface area contributed by atoms with Crippen molar-refractivity contribution in [2.75, 3.05) is 6.61 Å². The number of hydrogen-bond acceptors (Lipinski definition) is 3. The van der Waals surface area contributed by atoms with Crippen molar-refractivity contribution >= 4 is 23.4 Å². The first-order valence-electron chi connectivity index (χ1n) is 2.82. The second-order valence-corrected chi connectivity index (χ2v) is 2.41. The molecule has 0 bridgehead atoms. The van der Waals surface area contributed by atoms with Crippen LogP contribution in [0.4, 0.5) is 0 Å². The predicted molar refractivity (Wildman–Crippen MR) is 37.0 cm³/mol. The fourth-order valence-corrected chi connectivity index (χ4v) is 0.371. The predicted octanol–water partition coefficient (Wildman–Crippen LogP) is 0.746. The molecule has 0 aliphatic rings. The minimum Gasteiger partial charge on any atom is -0.464 e. The van der Waals surface area contributed by atoms with E-state index in [0.717, 1.165) is 0 Å². The lowest BCUT2D eigenvalue weighted by atomic mass is 10.3. The lowest BCUT2D eigenvalue weighted by Gasteiger charge is -2.03. The molecule has 0 aromatic rings. The van der Waals surface area contributed by atoms with Crippen molar-refractivity contribution in [3.63, 3.8) is 0 Å². The summed E-state index contributed by atoms with van der Waals surface area (Å²) in [7, 11) is 0. The summed E-state index contributed by atoms with van der Waals surface area (Å²) in [5, 5.41) is -0.705. The third-order valence-electron chi connectivity index (χ3n) is 0.874. The highest BCUT2D eigenvalue weighted by molar-refractivity contribution is 6.30. The van der Waals surface area contributed by atoms with Gasteiger partial charge in [0.15, 0.2) is 5.78 Å². The minimum atomic E-state index is -0.705. The van der Waals surface area contributed by atoms with Gasteiger partial charge in [-0.15, -0.1) is 11.6 Å². The van der Waals surface area contributed by atoms with Crippen LogP contribution in [0.15, 0.2) is 0 Å². The third kappa shape index (κ3) is 4.32. The smallest absolute Gasteiger partial charge is 0.302 e. The topological polar surface area (TPSA) is 43.4 Å². The molecule has 0 saturated carbocycles. The monoisotopic (exact) mass is 164 g/mol. The second kappa shape index (κ2) is 4.28. The van der Waals surface area contributed by atoms with Gasteiger partial charge in [-0.25, -0.2) is 0 Å².